The van der Waals surface area contributed by atoms with Crippen LogP contribution in [-0.2, 0) is 4.79 Å². The molecule has 1 aliphatic heterocycles. The molecule has 0 aromatic heterocycles. The van der Waals surface area contributed by atoms with Crippen molar-refractivity contribution in [3.8, 4) is 0 Å². The highest BCUT2D eigenvalue weighted by Crippen LogP contribution is 2.11. The average molecular weight is 268 g/mol. The molecule has 0 atom stereocenters. The van der Waals surface area contributed by atoms with Crippen molar-refractivity contribution in [2.24, 2.45) is 0 Å². The molecule has 0 radical (unpaired) electrons. The van der Waals surface area contributed by atoms with E-state index < -0.39 is 0 Å². The molecule has 0 bridgehead atoms. The molecular formula is C16H32N2O. The van der Waals surface area contributed by atoms with Gasteiger partial charge in [-0.1, -0.05) is 39.5 Å². The van der Waals surface area contributed by atoms with Crippen molar-refractivity contribution in [3.05, 3.63) is 0 Å². The van der Waals surface area contributed by atoms with Crippen LogP contribution in [0.5, 0.6) is 0 Å². The Bertz CT molecular complexity index is 235. The molecule has 0 aromatic rings. The first-order valence-corrected chi connectivity index (χ1v) is 8.28. The van der Waals surface area contributed by atoms with Gasteiger partial charge >= 0.3 is 0 Å². The van der Waals surface area contributed by atoms with E-state index in [9.17, 15) is 4.79 Å². The summed E-state index contributed by atoms with van der Waals surface area (Å²) in [4.78, 5) is 14.3. The first-order valence-electron chi connectivity index (χ1n) is 8.28. The minimum Gasteiger partial charge on any atom is -0.353 e. The lowest BCUT2D eigenvalue weighted by molar-refractivity contribution is -0.122. The van der Waals surface area contributed by atoms with Gasteiger partial charge in [0.15, 0.2) is 0 Å². The number of carbonyl (C=O) groups excluding carboxylic acids is 1. The van der Waals surface area contributed by atoms with Crippen LogP contribution in [0.15, 0.2) is 0 Å². The number of nitrogens with one attached hydrogen (secondary N) is 1. The van der Waals surface area contributed by atoms with E-state index in [-0.39, 0.29) is 5.91 Å². The Labute approximate surface area is 119 Å². The fraction of sp³-hybridized carbons (Fsp3) is 0.938. The number of amides is 1. The highest BCUT2D eigenvalue weighted by molar-refractivity contribution is 5.76. The second kappa shape index (κ2) is 10.2. The summed E-state index contributed by atoms with van der Waals surface area (Å²) in [6, 6.07) is 0.427. The number of hydrogen-bond donors (Lipinski definition) is 1. The molecule has 0 spiro atoms. The number of likely N-dealkylation sites (tertiary alicyclic amines) is 1. The zero-order valence-corrected chi connectivity index (χ0v) is 12.9. The smallest absolute Gasteiger partial charge is 0.220 e. The average Bonchev–Trinajstić information content (AvgIpc) is 2.41. The summed E-state index contributed by atoms with van der Waals surface area (Å²) in [7, 11) is 0. The van der Waals surface area contributed by atoms with Gasteiger partial charge in [-0.25, -0.2) is 0 Å². The summed E-state index contributed by atoms with van der Waals surface area (Å²) < 4.78 is 0. The fourth-order valence-corrected chi connectivity index (χ4v) is 2.81. The van der Waals surface area contributed by atoms with Gasteiger partial charge in [-0.15, -0.1) is 0 Å². The molecule has 0 saturated carbocycles. The number of hydrogen-bond acceptors (Lipinski definition) is 2. The van der Waals surface area contributed by atoms with Gasteiger partial charge in [-0.2, -0.15) is 0 Å². The Kier molecular flexibility index (Phi) is 8.89. The van der Waals surface area contributed by atoms with E-state index in [1.807, 2.05) is 0 Å². The summed E-state index contributed by atoms with van der Waals surface area (Å²) in [5, 5.41) is 3.21. The summed E-state index contributed by atoms with van der Waals surface area (Å²) in [5.74, 6) is 0.269. The van der Waals surface area contributed by atoms with E-state index in [4.69, 9.17) is 0 Å². The van der Waals surface area contributed by atoms with Crippen LogP contribution in [0.3, 0.4) is 0 Å². The molecule has 0 aromatic carbocycles. The zero-order chi connectivity index (χ0) is 13.9. The minimum atomic E-state index is 0.269. The highest BCUT2D eigenvalue weighted by Gasteiger charge is 2.19. The van der Waals surface area contributed by atoms with Crippen molar-refractivity contribution in [1.29, 1.82) is 0 Å². The third-order valence-electron chi connectivity index (χ3n) is 4.00. The van der Waals surface area contributed by atoms with E-state index in [2.05, 4.69) is 24.1 Å². The van der Waals surface area contributed by atoms with Gasteiger partial charge in [0.25, 0.3) is 0 Å². The summed E-state index contributed by atoms with van der Waals surface area (Å²) in [6.45, 7) is 7.95. The van der Waals surface area contributed by atoms with E-state index in [0.717, 1.165) is 38.8 Å². The normalized spacial score (nSPS) is 17.6. The SMILES string of the molecule is CCCCCCCC(=O)NC1CCN(CCC)CC1. The van der Waals surface area contributed by atoms with Crippen molar-refractivity contribution in [2.75, 3.05) is 19.6 Å². The Morgan fingerprint density at radius 1 is 1.05 bits per heavy atom. The summed E-state index contributed by atoms with van der Waals surface area (Å²) in [6.07, 6.45) is 10.3. The van der Waals surface area contributed by atoms with Crippen molar-refractivity contribution in [3.63, 3.8) is 0 Å². The molecule has 0 aliphatic carbocycles. The highest BCUT2D eigenvalue weighted by atomic mass is 16.1. The van der Waals surface area contributed by atoms with Gasteiger partial charge in [-0.05, 0) is 32.2 Å². The van der Waals surface area contributed by atoms with Crippen molar-refractivity contribution >= 4 is 5.91 Å². The van der Waals surface area contributed by atoms with Gasteiger partial charge in [-0.3, -0.25) is 4.79 Å². The number of nitrogens with zero attached hydrogens (tertiary/aromatic N) is 1. The summed E-state index contributed by atoms with van der Waals surface area (Å²) >= 11 is 0. The number of rotatable bonds is 9. The maximum absolute atomic E-state index is 11.8. The van der Waals surface area contributed by atoms with Crippen LogP contribution in [0.4, 0.5) is 0 Å². The van der Waals surface area contributed by atoms with E-state index in [1.54, 1.807) is 0 Å². The van der Waals surface area contributed by atoms with Crippen LogP contribution in [0, 0.1) is 0 Å². The van der Waals surface area contributed by atoms with E-state index in [1.165, 1.54) is 38.6 Å². The Morgan fingerprint density at radius 2 is 1.74 bits per heavy atom. The molecule has 1 heterocycles. The second-order valence-electron chi connectivity index (χ2n) is 5.85. The Hall–Kier alpha value is -0.570. The van der Waals surface area contributed by atoms with Gasteiger partial charge in [0.2, 0.25) is 5.91 Å². The van der Waals surface area contributed by atoms with Gasteiger partial charge in [0.05, 0.1) is 0 Å². The summed E-state index contributed by atoms with van der Waals surface area (Å²) in [5.41, 5.74) is 0. The van der Waals surface area contributed by atoms with Crippen LogP contribution in [0.2, 0.25) is 0 Å². The number of unbranched alkanes of at least 4 members (excludes halogenated alkanes) is 4. The van der Waals surface area contributed by atoms with Crippen molar-refractivity contribution < 1.29 is 4.79 Å². The predicted octanol–water partition coefficient (Wildman–Crippen LogP) is 3.34. The molecule has 3 nitrogen and oxygen atoms in total. The Morgan fingerprint density at radius 3 is 2.37 bits per heavy atom. The monoisotopic (exact) mass is 268 g/mol. The van der Waals surface area contributed by atoms with Crippen LogP contribution in [-0.4, -0.2) is 36.5 Å². The minimum absolute atomic E-state index is 0.269. The maximum atomic E-state index is 11.8. The molecule has 112 valence electrons. The van der Waals surface area contributed by atoms with Gasteiger partial charge in [0.1, 0.15) is 0 Å². The molecule has 1 rings (SSSR count). The fourth-order valence-electron chi connectivity index (χ4n) is 2.81. The standard InChI is InChI=1S/C16H32N2O/c1-3-5-6-7-8-9-16(19)17-15-10-13-18(12-4-2)14-11-15/h15H,3-14H2,1-2H3,(H,17,19). The zero-order valence-electron chi connectivity index (χ0n) is 12.9. The third kappa shape index (κ3) is 7.56. The lowest BCUT2D eigenvalue weighted by atomic mass is 10.0. The predicted molar refractivity (Wildman–Crippen MR) is 81.3 cm³/mol. The van der Waals surface area contributed by atoms with E-state index in [0.29, 0.717) is 6.04 Å². The Balaban J connectivity index is 2.03. The van der Waals surface area contributed by atoms with Crippen LogP contribution >= 0.6 is 0 Å². The molecule has 1 fully saturated rings. The van der Waals surface area contributed by atoms with Crippen LogP contribution < -0.4 is 5.32 Å². The molecule has 0 unspecified atom stereocenters. The molecular weight excluding hydrogens is 236 g/mol. The van der Waals surface area contributed by atoms with Crippen molar-refractivity contribution in [2.45, 2.75) is 77.7 Å². The maximum Gasteiger partial charge on any atom is 0.220 e. The first-order chi connectivity index (χ1) is 9.26. The first kappa shape index (κ1) is 16.5. The molecule has 1 aliphatic rings. The third-order valence-corrected chi connectivity index (χ3v) is 4.00. The molecule has 3 heteroatoms. The van der Waals surface area contributed by atoms with Crippen LogP contribution in [0.25, 0.3) is 0 Å². The number of carbonyl (C=O) groups is 1. The molecule has 1 amide bonds. The van der Waals surface area contributed by atoms with Gasteiger partial charge in [0, 0.05) is 25.6 Å². The second-order valence-corrected chi connectivity index (χ2v) is 5.85. The molecule has 1 saturated heterocycles. The topological polar surface area (TPSA) is 32.3 Å². The quantitative estimate of drug-likeness (QED) is 0.651. The lowest BCUT2D eigenvalue weighted by Gasteiger charge is -2.32. The molecule has 1 N–H and O–H groups in total. The molecule has 19 heavy (non-hydrogen) atoms. The number of piperidine rings is 1. The van der Waals surface area contributed by atoms with Crippen LogP contribution in [0.1, 0.15) is 71.6 Å². The lowest BCUT2D eigenvalue weighted by Crippen LogP contribution is -2.44. The van der Waals surface area contributed by atoms with Crippen molar-refractivity contribution in [1.82, 2.24) is 10.2 Å². The van der Waals surface area contributed by atoms with Gasteiger partial charge < -0.3 is 10.2 Å². The van der Waals surface area contributed by atoms with E-state index >= 15 is 0 Å². The largest absolute Gasteiger partial charge is 0.353 e.